The summed E-state index contributed by atoms with van der Waals surface area (Å²) >= 11 is 0. The second kappa shape index (κ2) is 19.7. The standard InChI is InChI=1S/C48H40O15/c1-28(2)56-38-35-25-24-34(26-36(35)59-47(54)41(38)57-29(3)49)58-48-42(63-46(53)33-22-14-7-15-23-33)40(62-45(52)32-20-12-6-13-21-32)39(61-44(51)31-18-10-5-11-19-31)37(60-48)27-55-43(50)30-16-8-4-9-17-30/h4-26,28,37,39-40,42,48H,27H2,1-3H3/t37-,39-,40+,42+,48+/m1/s1. The van der Waals surface area contributed by atoms with Crippen LogP contribution < -0.4 is 19.8 Å². The predicted molar refractivity (Wildman–Crippen MR) is 223 cm³/mol. The molecule has 1 saturated heterocycles. The highest BCUT2D eigenvalue weighted by Crippen LogP contribution is 2.37. The number of ether oxygens (including phenoxy) is 8. The van der Waals surface area contributed by atoms with Gasteiger partial charge in [-0.1, -0.05) is 72.8 Å². The van der Waals surface area contributed by atoms with Crippen LogP contribution in [-0.4, -0.2) is 73.3 Å². The molecule has 0 radical (unpaired) electrons. The minimum absolute atomic E-state index is 0.0277. The van der Waals surface area contributed by atoms with Crippen LogP contribution in [0, 0.1) is 0 Å². The molecule has 0 amide bonds. The Kier molecular flexibility index (Phi) is 13.6. The van der Waals surface area contributed by atoms with Gasteiger partial charge in [0.25, 0.3) is 5.75 Å². The Bertz CT molecular complexity index is 2630. The zero-order valence-corrected chi connectivity index (χ0v) is 34.1. The first-order valence-corrected chi connectivity index (χ1v) is 19.7. The minimum atomic E-state index is -1.70. The second-order valence-electron chi connectivity index (χ2n) is 14.3. The number of hydrogen-bond acceptors (Lipinski definition) is 15. The lowest BCUT2D eigenvalue weighted by Gasteiger charge is -2.44. The maximum Gasteiger partial charge on any atom is 0.383 e. The van der Waals surface area contributed by atoms with Crippen molar-refractivity contribution in [3.63, 3.8) is 0 Å². The van der Waals surface area contributed by atoms with Gasteiger partial charge in [-0.25, -0.2) is 24.0 Å². The molecule has 15 heteroatoms. The molecule has 1 aliphatic rings. The quantitative estimate of drug-likeness (QED) is 0.0610. The largest absolute Gasteiger partial charge is 0.486 e. The van der Waals surface area contributed by atoms with E-state index < -0.39 is 84.6 Å². The smallest absolute Gasteiger partial charge is 0.383 e. The zero-order valence-electron chi connectivity index (χ0n) is 34.1. The number of hydrogen-bond donors (Lipinski definition) is 0. The predicted octanol–water partition coefficient (Wildman–Crippen LogP) is 7.14. The molecule has 0 spiro atoms. The monoisotopic (exact) mass is 856 g/mol. The van der Waals surface area contributed by atoms with Gasteiger partial charge in [0.15, 0.2) is 18.0 Å². The third-order valence-electron chi connectivity index (χ3n) is 9.38. The number of carbonyl (C=O) groups excluding carboxylic acids is 5. The van der Waals surface area contributed by atoms with E-state index in [2.05, 4.69) is 0 Å². The Morgan fingerprint density at radius 2 is 1.06 bits per heavy atom. The summed E-state index contributed by atoms with van der Waals surface area (Å²) < 4.78 is 53.4. The summed E-state index contributed by atoms with van der Waals surface area (Å²) in [7, 11) is 0. The maximum absolute atomic E-state index is 14.0. The lowest BCUT2D eigenvalue weighted by molar-refractivity contribution is -0.275. The van der Waals surface area contributed by atoms with E-state index in [9.17, 15) is 28.8 Å². The van der Waals surface area contributed by atoms with Crippen LogP contribution in [0.25, 0.3) is 11.0 Å². The fourth-order valence-corrected chi connectivity index (χ4v) is 6.55. The highest BCUT2D eigenvalue weighted by Gasteiger charge is 2.54. The van der Waals surface area contributed by atoms with Crippen LogP contribution in [0.5, 0.6) is 17.2 Å². The van der Waals surface area contributed by atoms with Crippen LogP contribution in [0.1, 0.15) is 62.2 Å². The molecule has 0 saturated carbocycles. The first kappa shape index (κ1) is 43.3. The summed E-state index contributed by atoms with van der Waals surface area (Å²) in [4.78, 5) is 80.1. The normalized spacial score (nSPS) is 18.1. The summed E-state index contributed by atoms with van der Waals surface area (Å²) in [5, 5.41) is 0.233. The molecule has 15 nitrogen and oxygen atoms in total. The van der Waals surface area contributed by atoms with E-state index in [1.165, 1.54) is 66.7 Å². The molecule has 1 fully saturated rings. The molecule has 2 heterocycles. The lowest BCUT2D eigenvalue weighted by atomic mass is 9.97. The van der Waals surface area contributed by atoms with Gasteiger partial charge in [-0.05, 0) is 74.5 Å². The number of carbonyl (C=O) groups is 5. The van der Waals surface area contributed by atoms with E-state index in [0.29, 0.717) is 0 Å². The molecule has 1 aliphatic heterocycles. The Labute approximate surface area is 359 Å². The Balaban J connectivity index is 1.33. The molecule has 63 heavy (non-hydrogen) atoms. The van der Waals surface area contributed by atoms with E-state index in [1.807, 2.05) is 0 Å². The van der Waals surface area contributed by atoms with E-state index >= 15 is 0 Å². The van der Waals surface area contributed by atoms with Crippen molar-refractivity contribution in [2.75, 3.05) is 6.61 Å². The average molecular weight is 857 g/mol. The number of rotatable bonds is 14. The van der Waals surface area contributed by atoms with Gasteiger partial charge in [0.05, 0.1) is 33.7 Å². The number of esters is 5. The van der Waals surface area contributed by atoms with Crippen molar-refractivity contribution in [3.05, 3.63) is 172 Å². The highest BCUT2D eigenvalue weighted by atomic mass is 16.7. The lowest BCUT2D eigenvalue weighted by Crippen LogP contribution is -2.63. The Morgan fingerprint density at radius 1 is 0.587 bits per heavy atom. The first-order valence-electron chi connectivity index (χ1n) is 19.7. The molecule has 322 valence electrons. The van der Waals surface area contributed by atoms with E-state index in [0.717, 1.165) is 6.92 Å². The third-order valence-corrected chi connectivity index (χ3v) is 9.38. The molecule has 1 aromatic heterocycles. The van der Waals surface area contributed by atoms with E-state index in [-0.39, 0.29) is 44.7 Å². The van der Waals surface area contributed by atoms with E-state index in [4.69, 9.17) is 42.3 Å². The molecule has 6 aromatic rings. The summed E-state index contributed by atoms with van der Waals surface area (Å²) in [6, 6.07) is 36.1. The highest BCUT2D eigenvalue weighted by molar-refractivity contribution is 5.92. The van der Waals surface area contributed by atoms with Crippen molar-refractivity contribution >= 4 is 40.8 Å². The molecular weight excluding hydrogens is 817 g/mol. The summed E-state index contributed by atoms with van der Waals surface area (Å²) in [5.74, 6) is -4.72. The van der Waals surface area contributed by atoms with Gasteiger partial charge < -0.3 is 42.3 Å². The van der Waals surface area contributed by atoms with Crippen LogP contribution in [0.2, 0.25) is 0 Å². The van der Waals surface area contributed by atoms with Gasteiger partial charge in [-0.2, -0.15) is 0 Å². The van der Waals surface area contributed by atoms with Gasteiger partial charge in [0, 0.05) is 13.0 Å². The van der Waals surface area contributed by atoms with Crippen molar-refractivity contribution in [3.8, 4) is 17.2 Å². The fourth-order valence-electron chi connectivity index (χ4n) is 6.55. The molecule has 5 atom stereocenters. The van der Waals surface area contributed by atoms with Crippen LogP contribution in [0.15, 0.2) is 149 Å². The van der Waals surface area contributed by atoms with Crippen LogP contribution in [-0.2, 0) is 28.5 Å². The van der Waals surface area contributed by atoms with Crippen molar-refractivity contribution in [1.29, 1.82) is 0 Å². The Hall–Kier alpha value is -7.78. The SMILES string of the molecule is CC(=O)Oc1c(OC(C)C)c2ccc(O[C@H]3O[C@H](COC(=O)c4ccccc4)[C@@H](OC(=O)c4ccccc4)[C@H](OC(=O)c4ccccc4)[C@@H]3OC(=O)c3ccccc3)cc2oc1=O. The van der Waals surface area contributed by atoms with Gasteiger partial charge in [0.2, 0.25) is 12.4 Å². The van der Waals surface area contributed by atoms with E-state index in [1.54, 1.807) is 86.6 Å². The van der Waals surface area contributed by atoms with Crippen molar-refractivity contribution in [2.24, 2.45) is 0 Å². The van der Waals surface area contributed by atoms with Gasteiger partial charge in [-0.15, -0.1) is 0 Å². The van der Waals surface area contributed by atoms with Crippen molar-refractivity contribution in [1.82, 2.24) is 0 Å². The third kappa shape index (κ3) is 10.6. The number of benzene rings is 5. The number of fused-ring (bicyclic) bond motifs is 1. The van der Waals surface area contributed by atoms with Crippen LogP contribution >= 0.6 is 0 Å². The molecule has 5 aromatic carbocycles. The van der Waals surface area contributed by atoms with Gasteiger partial charge >= 0.3 is 35.5 Å². The second-order valence-corrected chi connectivity index (χ2v) is 14.3. The van der Waals surface area contributed by atoms with Crippen LogP contribution in [0.4, 0.5) is 0 Å². The topological polar surface area (TPSA) is 189 Å². The first-order chi connectivity index (χ1) is 30.4. The minimum Gasteiger partial charge on any atom is -0.486 e. The molecule has 7 rings (SSSR count). The van der Waals surface area contributed by atoms with Crippen molar-refractivity contribution < 1.29 is 66.3 Å². The van der Waals surface area contributed by atoms with Gasteiger partial charge in [-0.3, -0.25) is 4.79 Å². The van der Waals surface area contributed by atoms with Gasteiger partial charge in [0.1, 0.15) is 24.0 Å². The summed E-state index contributed by atoms with van der Waals surface area (Å²) in [6.07, 6.45) is -8.59. The molecule has 0 unspecified atom stereocenters. The Morgan fingerprint density at radius 3 is 1.56 bits per heavy atom. The fraction of sp³-hybridized carbons (Fsp3) is 0.208. The molecule has 0 bridgehead atoms. The van der Waals surface area contributed by atoms with Crippen LogP contribution in [0.3, 0.4) is 0 Å². The zero-order chi connectivity index (χ0) is 44.5. The molecular formula is C48H40O15. The summed E-state index contributed by atoms with van der Waals surface area (Å²) in [5.41, 5.74) is -0.548. The molecule has 0 N–H and O–H groups in total. The average Bonchev–Trinajstić information content (AvgIpc) is 3.29. The maximum atomic E-state index is 14.0. The summed E-state index contributed by atoms with van der Waals surface area (Å²) in [6.45, 7) is 3.97. The molecule has 0 aliphatic carbocycles. The van der Waals surface area contributed by atoms with Crippen molar-refractivity contribution in [2.45, 2.75) is 57.6 Å².